The summed E-state index contributed by atoms with van der Waals surface area (Å²) >= 11 is 0. The number of aliphatic hydroxyl groups excluding tert-OH is 1. The highest BCUT2D eigenvalue weighted by Crippen LogP contribution is 2.31. The number of piperazine rings is 1. The third kappa shape index (κ3) is 6.45. The summed E-state index contributed by atoms with van der Waals surface area (Å²) in [5.41, 5.74) is 3.36. The Labute approximate surface area is 223 Å². The first-order chi connectivity index (χ1) is 18.2. The van der Waals surface area contributed by atoms with Gasteiger partial charge in [0.25, 0.3) is 0 Å². The molecule has 2 aromatic carbocycles. The van der Waals surface area contributed by atoms with Gasteiger partial charge in [0, 0.05) is 56.4 Å². The monoisotopic (exact) mass is 527 g/mol. The molecule has 0 bridgehead atoms. The zero-order valence-corrected chi connectivity index (χ0v) is 22.4. The van der Waals surface area contributed by atoms with E-state index in [1.54, 1.807) is 11.0 Å². The minimum Gasteiger partial charge on any atom is -0.490 e. The number of carboxylic acid groups (broad SMARTS) is 1. The maximum absolute atomic E-state index is 13.6. The lowest BCUT2D eigenvalue weighted by atomic mass is 9.86. The summed E-state index contributed by atoms with van der Waals surface area (Å²) in [6, 6.07) is 10.5. The Bertz CT molecular complexity index is 1150. The number of ether oxygens (including phenoxy) is 1. The first-order valence-corrected chi connectivity index (χ1v) is 13.3. The molecule has 2 aromatic rings. The van der Waals surface area contributed by atoms with Crippen molar-refractivity contribution in [3.8, 4) is 5.75 Å². The molecule has 206 valence electrons. The van der Waals surface area contributed by atoms with Crippen LogP contribution in [0.1, 0.15) is 49.3 Å². The average Bonchev–Trinajstić information content (AvgIpc) is 2.90. The molecule has 1 aliphatic heterocycles. The molecule has 1 saturated heterocycles. The Morgan fingerprint density at radius 1 is 1.08 bits per heavy atom. The van der Waals surface area contributed by atoms with Gasteiger partial charge in [0.1, 0.15) is 11.6 Å². The molecule has 2 N–H and O–H groups in total. The van der Waals surface area contributed by atoms with Crippen LogP contribution in [0, 0.1) is 18.7 Å². The lowest BCUT2D eigenvalue weighted by molar-refractivity contribution is -0.123. The van der Waals surface area contributed by atoms with Crippen LogP contribution < -0.4 is 9.64 Å². The molecule has 2 amide bonds. The van der Waals surface area contributed by atoms with Crippen LogP contribution in [-0.4, -0.2) is 70.8 Å². The Kier molecular flexibility index (Phi) is 8.89. The van der Waals surface area contributed by atoms with Gasteiger partial charge in [-0.25, -0.2) is 9.18 Å². The quantitative estimate of drug-likeness (QED) is 0.554. The Balaban J connectivity index is 1.30. The molecule has 9 heteroatoms. The van der Waals surface area contributed by atoms with Crippen LogP contribution in [0.5, 0.6) is 5.75 Å². The topological polar surface area (TPSA) is 93.6 Å². The Hall–Kier alpha value is -3.17. The van der Waals surface area contributed by atoms with E-state index in [-0.39, 0.29) is 36.1 Å². The number of amides is 2. The van der Waals surface area contributed by atoms with Gasteiger partial charge in [-0.2, -0.15) is 0 Å². The van der Waals surface area contributed by atoms with Crippen molar-refractivity contribution in [3.05, 3.63) is 58.9 Å². The predicted molar refractivity (Wildman–Crippen MR) is 143 cm³/mol. The maximum Gasteiger partial charge on any atom is 0.407 e. The van der Waals surface area contributed by atoms with Crippen LogP contribution >= 0.6 is 0 Å². The van der Waals surface area contributed by atoms with Crippen molar-refractivity contribution in [2.45, 2.75) is 64.8 Å². The highest BCUT2D eigenvalue weighted by Gasteiger charge is 2.30. The smallest absolute Gasteiger partial charge is 0.407 e. The van der Waals surface area contributed by atoms with Crippen LogP contribution in [0.4, 0.5) is 14.9 Å². The number of hydrogen-bond acceptors (Lipinski definition) is 5. The van der Waals surface area contributed by atoms with Crippen molar-refractivity contribution in [2.24, 2.45) is 5.92 Å². The number of carbonyl (C=O) groups is 2. The molecule has 2 fully saturated rings. The molecule has 1 saturated carbocycles. The van der Waals surface area contributed by atoms with Gasteiger partial charge in [-0.05, 0) is 81.0 Å². The molecule has 38 heavy (non-hydrogen) atoms. The number of benzene rings is 2. The maximum atomic E-state index is 13.6. The number of hydrogen-bond donors (Lipinski definition) is 2. The first kappa shape index (κ1) is 27.9. The number of carbonyl (C=O) groups excluding carboxylic acids is 1. The summed E-state index contributed by atoms with van der Waals surface area (Å²) in [5.74, 6) is 0.108. The summed E-state index contributed by atoms with van der Waals surface area (Å²) in [7, 11) is 1.82. The molecule has 0 aromatic heterocycles. The summed E-state index contributed by atoms with van der Waals surface area (Å²) < 4.78 is 19.6. The van der Waals surface area contributed by atoms with Gasteiger partial charge in [-0.15, -0.1) is 0 Å². The molecular formula is C29H38FN3O5. The van der Waals surface area contributed by atoms with Gasteiger partial charge in [-0.1, -0.05) is 6.07 Å². The predicted octanol–water partition coefficient (Wildman–Crippen LogP) is 4.41. The number of anilines is 1. The van der Waals surface area contributed by atoms with Crippen LogP contribution in [0.25, 0.3) is 0 Å². The third-order valence-electron chi connectivity index (χ3n) is 7.91. The van der Waals surface area contributed by atoms with Crippen molar-refractivity contribution >= 4 is 17.7 Å². The van der Waals surface area contributed by atoms with Gasteiger partial charge >= 0.3 is 6.09 Å². The van der Waals surface area contributed by atoms with Crippen molar-refractivity contribution in [1.82, 2.24) is 9.80 Å². The van der Waals surface area contributed by atoms with Crippen molar-refractivity contribution < 1.29 is 28.9 Å². The van der Waals surface area contributed by atoms with E-state index in [9.17, 15) is 24.2 Å². The van der Waals surface area contributed by atoms with Gasteiger partial charge in [0.05, 0.1) is 12.7 Å². The second-order valence-corrected chi connectivity index (χ2v) is 10.6. The van der Waals surface area contributed by atoms with Crippen LogP contribution in [0.3, 0.4) is 0 Å². The third-order valence-corrected chi connectivity index (χ3v) is 7.91. The molecule has 2 aliphatic rings. The van der Waals surface area contributed by atoms with E-state index in [1.807, 2.05) is 33.0 Å². The largest absolute Gasteiger partial charge is 0.490 e. The number of aryl methyl sites for hydroxylation is 1. The number of aliphatic hydroxyl groups is 1. The second kappa shape index (κ2) is 12.1. The van der Waals surface area contributed by atoms with E-state index in [0.717, 1.165) is 43.5 Å². The van der Waals surface area contributed by atoms with Crippen molar-refractivity contribution in [3.63, 3.8) is 0 Å². The zero-order chi connectivity index (χ0) is 27.4. The normalized spacial score (nSPS) is 22.2. The second-order valence-electron chi connectivity index (χ2n) is 10.6. The summed E-state index contributed by atoms with van der Waals surface area (Å²) in [5, 5.41) is 18.6. The summed E-state index contributed by atoms with van der Waals surface area (Å²) in [6.07, 6.45) is 2.01. The molecule has 0 radical (unpaired) electrons. The van der Waals surface area contributed by atoms with E-state index in [1.165, 1.54) is 22.6 Å². The zero-order valence-electron chi connectivity index (χ0n) is 22.4. The number of rotatable bonds is 7. The lowest BCUT2D eigenvalue weighted by Gasteiger charge is -2.38. The van der Waals surface area contributed by atoms with Gasteiger partial charge in [-0.3, -0.25) is 9.69 Å². The average molecular weight is 528 g/mol. The Morgan fingerprint density at radius 3 is 2.45 bits per heavy atom. The minimum absolute atomic E-state index is 0.0389. The highest BCUT2D eigenvalue weighted by molar-refractivity contribution is 5.94. The lowest BCUT2D eigenvalue weighted by Crippen LogP contribution is -2.53. The molecule has 8 nitrogen and oxygen atoms in total. The molecule has 1 aliphatic carbocycles. The fraction of sp³-hybridized carbons (Fsp3) is 0.517. The summed E-state index contributed by atoms with van der Waals surface area (Å²) in [6.45, 7) is 6.26. The molecule has 1 atom stereocenters. The van der Waals surface area contributed by atoms with Crippen molar-refractivity contribution in [1.29, 1.82) is 0 Å². The van der Waals surface area contributed by atoms with Crippen LogP contribution in [0.15, 0.2) is 36.4 Å². The first-order valence-electron chi connectivity index (χ1n) is 13.3. The molecule has 1 heterocycles. The van der Waals surface area contributed by atoms with E-state index in [4.69, 9.17) is 4.74 Å². The van der Waals surface area contributed by atoms with Gasteiger partial charge < -0.3 is 24.7 Å². The number of nitrogens with zero attached hydrogens (tertiary/aromatic N) is 3. The fourth-order valence-corrected chi connectivity index (χ4v) is 5.53. The molecule has 0 unspecified atom stereocenters. The molecule has 4 rings (SSSR count). The van der Waals surface area contributed by atoms with Crippen LogP contribution in [-0.2, 0) is 17.9 Å². The van der Waals surface area contributed by atoms with Crippen LogP contribution in [0.2, 0.25) is 0 Å². The van der Waals surface area contributed by atoms with E-state index in [2.05, 4.69) is 11.0 Å². The highest BCUT2D eigenvalue weighted by atomic mass is 19.1. The molecular weight excluding hydrogens is 489 g/mol. The van der Waals surface area contributed by atoms with E-state index >= 15 is 0 Å². The van der Waals surface area contributed by atoms with Crippen molar-refractivity contribution in [2.75, 3.05) is 31.6 Å². The fourth-order valence-electron chi connectivity index (χ4n) is 5.53. The number of halogens is 1. The van der Waals surface area contributed by atoms with E-state index in [0.29, 0.717) is 25.4 Å². The van der Waals surface area contributed by atoms with Gasteiger partial charge in [0.15, 0.2) is 0 Å². The Morgan fingerprint density at radius 2 is 1.82 bits per heavy atom. The van der Waals surface area contributed by atoms with Gasteiger partial charge in [0.2, 0.25) is 5.91 Å². The summed E-state index contributed by atoms with van der Waals surface area (Å²) in [4.78, 5) is 30.1. The van der Waals surface area contributed by atoms with E-state index < -0.39 is 11.9 Å². The molecule has 0 spiro atoms. The minimum atomic E-state index is -0.865. The standard InChI is InChI=1S/C29H38FN3O5/c1-19-14-24(7-4-22(19)17-32-12-13-33(29(36)37)20(2)16-32)31(3)28(35)21-5-8-25(9-6-21)38-26-10-11-27(30)23(15-26)18-34/h4,7,10-11,14-15,20-21,25,34H,5-6,8-9,12-13,16-18H2,1-3H3,(H,36,37)/t20-,21-,25-/m0/s1. The SMILES string of the molecule is Cc1cc(N(C)C(=O)[C@H]2CC[C@H](Oc3ccc(F)c(CO)c3)CC2)ccc1CN1CCN(C(=O)O)[C@@H](C)C1.